The van der Waals surface area contributed by atoms with Crippen LogP contribution in [0.5, 0.6) is 0 Å². The highest BCUT2D eigenvalue weighted by Crippen LogP contribution is 2.21. The molecule has 0 aliphatic carbocycles. The second-order valence-electron chi connectivity index (χ2n) is 5.21. The fourth-order valence-corrected chi connectivity index (χ4v) is 2.16. The lowest BCUT2D eigenvalue weighted by Crippen LogP contribution is -2.48. The number of likely N-dealkylation sites (N-methyl/N-ethyl adjacent to an activating group) is 1. The van der Waals surface area contributed by atoms with Crippen LogP contribution in [0.1, 0.15) is 25.3 Å². The molecule has 1 fully saturated rings. The summed E-state index contributed by atoms with van der Waals surface area (Å²) in [6.07, 6.45) is -0.374. The molecular weight excluding hydrogens is 240 g/mol. The van der Waals surface area contributed by atoms with Gasteiger partial charge in [0.15, 0.2) is 0 Å². The minimum atomic E-state index is -0.374. The number of ether oxygens (including phenoxy) is 1. The van der Waals surface area contributed by atoms with Gasteiger partial charge in [-0.3, -0.25) is 4.79 Å². The summed E-state index contributed by atoms with van der Waals surface area (Å²) in [6, 6.07) is 8.11. The first-order valence-corrected chi connectivity index (χ1v) is 6.79. The molecule has 104 valence electrons. The first-order chi connectivity index (χ1) is 9.09. The van der Waals surface area contributed by atoms with Gasteiger partial charge in [-0.15, -0.1) is 0 Å². The minimum absolute atomic E-state index is 0.00751. The average molecular weight is 262 g/mol. The fraction of sp³-hybridized carbons (Fsp3) is 0.533. The zero-order chi connectivity index (χ0) is 13.8. The highest BCUT2D eigenvalue weighted by molar-refractivity contribution is 5.96. The van der Waals surface area contributed by atoms with Gasteiger partial charge in [0, 0.05) is 25.8 Å². The Morgan fingerprint density at radius 2 is 2.26 bits per heavy atom. The summed E-state index contributed by atoms with van der Waals surface area (Å²) in [4.78, 5) is 14.0. The molecule has 4 nitrogen and oxygen atoms in total. The number of benzene rings is 1. The number of nitrogens with one attached hydrogen (secondary N) is 1. The molecule has 1 aliphatic heterocycles. The molecule has 1 aromatic rings. The van der Waals surface area contributed by atoms with Crippen LogP contribution < -0.4 is 10.2 Å². The van der Waals surface area contributed by atoms with Crippen molar-refractivity contribution in [2.75, 3.05) is 31.6 Å². The van der Waals surface area contributed by atoms with E-state index in [4.69, 9.17) is 4.74 Å². The van der Waals surface area contributed by atoms with Crippen molar-refractivity contribution in [3.63, 3.8) is 0 Å². The van der Waals surface area contributed by atoms with Crippen molar-refractivity contribution in [2.24, 2.45) is 0 Å². The van der Waals surface area contributed by atoms with Gasteiger partial charge >= 0.3 is 0 Å². The zero-order valence-corrected chi connectivity index (χ0v) is 11.8. The molecule has 0 bridgehead atoms. The Bertz CT molecular complexity index is 440. The molecule has 1 aromatic carbocycles. The van der Waals surface area contributed by atoms with Crippen molar-refractivity contribution in [3.05, 3.63) is 29.8 Å². The van der Waals surface area contributed by atoms with Crippen LogP contribution in [0, 0.1) is 0 Å². The smallest absolute Gasteiger partial charge is 0.257 e. The highest BCUT2D eigenvalue weighted by atomic mass is 16.5. The van der Waals surface area contributed by atoms with Crippen LogP contribution in [-0.4, -0.2) is 38.8 Å². The van der Waals surface area contributed by atoms with E-state index in [1.165, 1.54) is 5.56 Å². The van der Waals surface area contributed by atoms with Gasteiger partial charge in [0.1, 0.15) is 6.10 Å². The van der Waals surface area contributed by atoms with Crippen molar-refractivity contribution in [1.29, 1.82) is 0 Å². The van der Waals surface area contributed by atoms with E-state index in [1.807, 2.05) is 12.1 Å². The topological polar surface area (TPSA) is 41.6 Å². The highest BCUT2D eigenvalue weighted by Gasteiger charge is 2.25. The quantitative estimate of drug-likeness (QED) is 0.902. The Balaban J connectivity index is 2.11. The maximum Gasteiger partial charge on any atom is 0.257 e. The second kappa shape index (κ2) is 6.17. The van der Waals surface area contributed by atoms with Crippen LogP contribution in [-0.2, 0) is 9.53 Å². The summed E-state index contributed by atoms with van der Waals surface area (Å²) in [6.45, 7) is 6.30. The molecule has 1 atom stereocenters. The summed E-state index contributed by atoms with van der Waals surface area (Å²) in [5.74, 6) is 0.462. The summed E-state index contributed by atoms with van der Waals surface area (Å²) in [5.41, 5.74) is 2.16. The second-order valence-corrected chi connectivity index (χ2v) is 5.21. The van der Waals surface area contributed by atoms with Gasteiger partial charge in [-0.2, -0.15) is 0 Å². The molecule has 0 saturated carbocycles. The molecular formula is C15H22N2O2. The number of carbonyl (C=O) groups excluding carboxylic acids is 1. The molecule has 0 spiro atoms. The standard InChI is InChI=1S/C15H22N2O2/c1-11(2)12-5-4-6-13(9-12)17(3)15(18)14-10-16-7-8-19-14/h4-6,9,11,14,16H,7-8,10H2,1-3H3. The number of rotatable bonds is 3. The third kappa shape index (κ3) is 3.33. The molecule has 19 heavy (non-hydrogen) atoms. The van der Waals surface area contributed by atoms with E-state index in [0.29, 0.717) is 19.1 Å². The number of hydrogen-bond donors (Lipinski definition) is 1. The van der Waals surface area contributed by atoms with Gasteiger partial charge in [-0.05, 0) is 23.6 Å². The molecule has 1 unspecified atom stereocenters. The van der Waals surface area contributed by atoms with Gasteiger partial charge in [-0.25, -0.2) is 0 Å². The minimum Gasteiger partial charge on any atom is -0.366 e. The van der Waals surface area contributed by atoms with Crippen LogP contribution in [0.2, 0.25) is 0 Å². The van der Waals surface area contributed by atoms with Crippen molar-refractivity contribution < 1.29 is 9.53 Å². The van der Waals surface area contributed by atoms with E-state index in [2.05, 4.69) is 31.3 Å². The van der Waals surface area contributed by atoms with E-state index >= 15 is 0 Å². The molecule has 1 N–H and O–H groups in total. The number of amides is 1. The molecule has 1 amide bonds. The molecule has 1 heterocycles. The largest absolute Gasteiger partial charge is 0.366 e. The molecule has 0 aromatic heterocycles. The first kappa shape index (κ1) is 14.0. The van der Waals surface area contributed by atoms with Crippen LogP contribution in [0.4, 0.5) is 5.69 Å². The monoisotopic (exact) mass is 262 g/mol. The van der Waals surface area contributed by atoms with Gasteiger partial charge in [0.05, 0.1) is 6.61 Å². The molecule has 1 aliphatic rings. The van der Waals surface area contributed by atoms with E-state index in [0.717, 1.165) is 12.2 Å². The van der Waals surface area contributed by atoms with E-state index < -0.39 is 0 Å². The summed E-state index contributed by atoms with van der Waals surface area (Å²) >= 11 is 0. The van der Waals surface area contributed by atoms with Gasteiger partial charge in [0.25, 0.3) is 5.91 Å². The average Bonchev–Trinajstić information content (AvgIpc) is 2.46. The van der Waals surface area contributed by atoms with Crippen molar-refractivity contribution in [2.45, 2.75) is 25.9 Å². The third-order valence-electron chi connectivity index (χ3n) is 3.46. The van der Waals surface area contributed by atoms with Crippen LogP contribution >= 0.6 is 0 Å². The van der Waals surface area contributed by atoms with Crippen molar-refractivity contribution >= 4 is 11.6 Å². The maximum absolute atomic E-state index is 12.3. The van der Waals surface area contributed by atoms with Crippen molar-refractivity contribution in [1.82, 2.24) is 5.32 Å². The number of hydrogen-bond acceptors (Lipinski definition) is 3. The van der Waals surface area contributed by atoms with Gasteiger partial charge in [0.2, 0.25) is 0 Å². The lowest BCUT2D eigenvalue weighted by Gasteiger charge is -2.27. The van der Waals surface area contributed by atoms with Crippen LogP contribution in [0.25, 0.3) is 0 Å². The maximum atomic E-state index is 12.3. The predicted octanol–water partition coefficient (Wildman–Crippen LogP) is 1.76. The van der Waals surface area contributed by atoms with Crippen LogP contribution in [0.3, 0.4) is 0 Å². The fourth-order valence-electron chi connectivity index (χ4n) is 2.16. The Hall–Kier alpha value is -1.39. The van der Waals surface area contributed by atoms with Gasteiger partial charge < -0.3 is 15.0 Å². The molecule has 4 heteroatoms. The third-order valence-corrected chi connectivity index (χ3v) is 3.46. The number of nitrogens with zero attached hydrogens (tertiary/aromatic N) is 1. The Labute approximate surface area is 114 Å². The van der Waals surface area contributed by atoms with Crippen LogP contribution in [0.15, 0.2) is 24.3 Å². The number of morpholine rings is 1. The zero-order valence-electron chi connectivity index (χ0n) is 11.8. The molecule has 2 rings (SSSR count). The van der Waals surface area contributed by atoms with Crippen molar-refractivity contribution in [3.8, 4) is 0 Å². The van der Waals surface area contributed by atoms with E-state index in [-0.39, 0.29) is 12.0 Å². The summed E-state index contributed by atoms with van der Waals surface area (Å²) < 4.78 is 5.51. The SMILES string of the molecule is CC(C)c1cccc(N(C)C(=O)C2CNCCO2)c1. The Morgan fingerprint density at radius 1 is 1.47 bits per heavy atom. The normalized spacial score (nSPS) is 19.5. The Morgan fingerprint density at radius 3 is 2.89 bits per heavy atom. The lowest BCUT2D eigenvalue weighted by atomic mass is 10.0. The first-order valence-electron chi connectivity index (χ1n) is 6.79. The number of anilines is 1. The Kier molecular flexibility index (Phi) is 4.56. The molecule has 1 saturated heterocycles. The van der Waals surface area contributed by atoms with E-state index in [1.54, 1.807) is 11.9 Å². The van der Waals surface area contributed by atoms with Gasteiger partial charge in [-0.1, -0.05) is 26.0 Å². The lowest BCUT2D eigenvalue weighted by molar-refractivity contribution is -0.131. The van der Waals surface area contributed by atoms with E-state index in [9.17, 15) is 4.79 Å². The summed E-state index contributed by atoms with van der Waals surface area (Å²) in [5, 5.41) is 3.18. The molecule has 0 radical (unpaired) electrons. The summed E-state index contributed by atoms with van der Waals surface area (Å²) in [7, 11) is 1.81. The number of carbonyl (C=O) groups is 1. The predicted molar refractivity (Wildman–Crippen MR) is 76.6 cm³/mol.